The molecule has 0 radical (unpaired) electrons. The van der Waals surface area contributed by atoms with Crippen molar-refractivity contribution >= 4 is 29.9 Å². The van der Waals surface area contributed by atoms with Crippen LogP contribution in [0, 0.1) is 5.82 Å². The molecule has 2 aromatic carbocycles. The Kier molecular flexibility index (Phi) is 9.47. The minimum absolute atomic E-state index is 0. The van der Waals surface area contributed by atoms with E-state index in [1.807, 2.05) is 12.1 Å². The number of hydrogen-bond donors (Lipinski definition) is 2. The van der Waals surface area contributed by atoms with Crippen LogP contribution in [0.1, 0.15) is 16.7 Å². The van der Waals surface area contributed by atoms with Crippen LogP contribution in [0.2, 0.25) is 0 Å². The predicted octanol–water partition coefficient (Wildman–Crippen LogP) is 4.13. The topological polar surface area (TPSA) is 68.9 Å². The Morgan fingerprint density at radius 1 is 1.07 bits per heavy atom. The SMILES string of the molecule is COc1ccc(CCNC(N)=NCc2ccc(F)cc2C(F)(F)F)cc1OC.I. The lowest BCUT2D eigenvalue weighted by Crippen LogP contribution is -2.33. The Hall–Kier alpha value is -2.24. The second-order valence-corrected chi connectivity index (χ2v) is 5.87. The molecule has 0 aromatic heterocycles. The van der Waals surface area contributed by atoms with Crippen molar-refractivity contribution in [2.75, 3.05) is 20.8 Å². The fourth-order valence-electron chi connectivity index (χ4n) is 2.55. The van der Waals surface area contributed by atoms with Gasteiger partial charge in [0.2, 0.25) is 0 Å². The van der Waals surface area contributed by atoms with Crippen molar-refractivity contribution < 1.29 is 27.0 Å². The second-order valence-electron chi connectivity index (χ2n) is 5.87. The van der Waals surface area contributed by atoms with E-state index in [0.717, 1.165) is 17.7 Å². The Bertz CT molecular complexity index is 845. The predicted molar refractivity (Wildman–Crippen MR) is 113 cm³/mol. The number of alkyl halides is 3. The van der Waals surface area contributed by atoms with E-state index in [1.165, 1.54) is 7.11 Å². The first-order valence-corrected chi connectivity index (χ1v) is 8.35. The third-order valence-corrected chi connectivity index (χ3v) is 3.96. The maximum atomic E-state index is 13.1. The minimum atomic E-state index is -4.66. The second kappa shape index (κ2) is 11.1. The van der Waals surface area contributed by atoms with Gasteiger partial charge in [0.05, 0.1) is 26.3 Å². The van der Waals surface area contributed by atoms with Crippen molar-refractivity contribution in [2.45, 2.75) is 19.1 Å². The quantitative estimate of drug-likeness (QED) is 0.246. The van der Waals surface area contributed by atoms with Gasteiger partial charge in [0.1, 0.15) is 5.82 Å². The number of halogens is 5. The van der Waals surface area contributed by atoms with Gasteiger partial charge in [-0.2, -0.15) is 13.2 Å². The Morgan fingerprint density at radius 2 is 1.76 bits per heavy atom. The molecular formula is C19H22F4IN3O2. The number of hydrogen-bond acceptors (Lipinski definition) is 3. The number of aliphatic imine (C=N–C) groups is 1. The monoisotopic (exact) mass is 527 g/mol. The lowest BCUT2D eigenvalue weighted by Gasteiger charge is -2.12. The summed E-state index contributed by atoms with van der Waals surface area (Å²) in [5.41, 5.74) is 5.45. The number of benzene rings is 2. The van der Waals surface area contributed by atoms with Gasteiger partial charge in [0.25, 0.3) is 0 Å². The maximum Gasteiger partial charge on any atom is 0.416 e. The summed E-state index contributed by atoms with van der Waals surface area (Å²) in [5.74, 6) is 0.247. The number of nitrogens with two attached hydrogens (primary N) is 1. The smallest absolute Gasteiger partial charge is 0.416 e. The lowest BCUT2D eigenvalue weighted by atomic mass is 10.1. The summed E-state index contributed by atoms with van der Waals surface area (Å²) in [4.78, 5) is 3.91. The van der Waals surface area contributed by atoms with Gasteiger partial charge in [-0.15, -0.1) is 24.0 Å². The van der Waals surface area contributed by atoms with Crippen LogP contribution >= 0.6 is 24.0 Å². The number of methoxy groups -OCH3 is 2. The van der Waals surface area contributed by atoms with Crippen LogP contribution < -0.4 is 20.5 Å². The fraction of sp³-hybridized carbons (Fsp3) is 0.316. The zero-order valence-corrected chi connectivity index (χ0v) is 18.2. The maximum absolute atomic E-state index is 13.1. The molecule has 2 aromatic rings. The van der Waals surface area contributed by atoms with Gasteiger partial charge in [0, 0.05) is 6.54 Å². The molecule has 0 fully saturated rings. The highest BCUT2D eigenvalue weighted by molar-refractivity contribution is 14.0. The third-order valence-electron chi connectivity index (χ3n) is 3.96. The molecule has 0 atom stereocenters. The van der Waals surface area contributed by atoms with E-state index in [-0.39, 0.29) is 42.0 Å². The van der Waals surface area contributed by atoms with E-state index < -0.39 is 17.6 Å². The van der Waals surface area contributed by atoms with E-state index in [2.05, 4.69) is 10.3 Å². The zero-order chi connectivity index (χ0) is 20.7. The molecule has 5 nitrogen and oxygen atoms in total. The summed E-state index contributed by atoms with van der Waals surface area (Å²) >= 11 is 0. The first-order valence-electron chi connectivity index (χ1n) is 8.35. The number of ether oxygens (including phenoxy) is 2. The van der Waals surface area contributed by atoms with Crippen LogP contribution in [0.5, 0.6) is 11.5 Å². The molecule has 0 aliphatic carbocycles. The molecule has 0 aliphatic rings. The molecule has 0 saturated carbocycles. The lowest BCUT2D eigenvalue weighted by molar-refractivity contribution is -0.138. The standard InChI is InChI=1S/C19H21F4N3O2.HI/c1-27-16-6-3-12(9-17(16)28-2)7-8-25-18(24)26-11-13-4-5-14(20)10-15(13)19(21,22)23;/h3-6,9-10H,7-8,11H2,1-2H3,(H3,24,25,26);1H. The van der Waals surface area contributed by atoms with Gasteiger partial charge < -0.3 is 20.5 Å². The summed E-state index contributed by atoms with van der Waals surface area (Å²) in [6, 6.07) is 7.93. The van der Waals surface area contributed by atoms with Crippen molar-refractivity contribution in [3.63, 3.8) is 0 Å². The largest absolute Gasteiger partial charge is 0.493 e. The van der Waals surface area contributed by atoms with Crippen LogP contribution in [0.15, 0.2) is 41.4 Å². The van der Waals surface area contributed by atoms with Crippen LogP contribution in [0.3, 0.4) is 0 Å². The zero-order valence-electron chi connectivity index (χ0n) is 15.8. The Morgan fingerprint density at radius 3 is 2.38 bits per heavy atom. The van der Waals surface area contributed by atoms with E-state index in [9.17, 15) is 17.6 Å². The molecule has 0 unspecified atom stereocenters. The van der Waals surface area contributed by atoms with Gasteiger partial charge in [0.15, 0.2) is 17.5 Å². The highest BCUT2D eigenvalue weighted by Crippen LogP contribution is 2.33. The van der Waals surface area contributed by atoms with Crippen LogP contribution in [-0.4, -0.2) is 26.7 Å². The molecule has 3 N–H and O–H groups in total. The fourth-order valence-corrected chi connectivity index (χ4v) is 2.55. The summed E-state index contributed by atoms with van der Waals surface area (Å²) in [6.45, 7) is 0.102. The Labute approximate surface area is 183 Å². The van der Waals surface area contributed by atoms with Crippen molar-refractivity contribution in [1.82, 2.24) is 5.32 Å². The van der Waals surface area contributed by atoms with Crippen molar-refractivity contribution in [1.29, 1.82) is 0 Å². The molecule has 0 saturated heterocycles. The van der Waals surface area contributed by atoms with Crippen molar-refractivity contribution in [3.05, 3.63) is 58.9 Å². The molecule has 29 heavy (non-hydrogen) atoms. The molecule has 0 amide bonds. The number of guanidine groups is 1. The van der Waals surface area contributed by atoms with E-state index in [0.29, 0.717) is 30.5 Å². The van der Waals surface area contributed by atoms with Gasteiger partial charge in [-0.3, -0.25) is 0 Å². The van der Waals surface area contributed by atoms with Crippen LogP contribution in [0.25, 0.3) is 0 Å². The molecule has 0 bridgehead atoms. The summed E-state index contributed by atoms with van der Waals surface area (Å²) < 4.78 is 62.4. The molecule has 10 heteroatoms. The van der Waals surface area contributed by atoms with Gasteiger partial charge in [-0.1, -0.05) is 12.1 Å². The number of nitrogens with one attached hydrogen (secondary N) is 1. The van der Waals surface area contributed by atoms with Gasteiger partial charge in [-0.05, 0) is 41.8 Å². The van der Waals surface area contributed by atoms with E-state index >= 15 is 0 Å². The van der Waals surface area contributed by atoms with E-state index in [4.69, 9.17) is 15.2 Å². The summed E-state index contributed by atoms with van der Waals surface area (Å²) in [6.07, 6.45) is -4.08. The van der Waals surface area contributed by atoms with Gasteiger partial charge in [-0.25, -0.2) is 9.38 Å². The highest BCUT2D eigenvalue weighted by atomic mass is 127. The summed E-state index contributed by atoms with van der Waals surface area (Å²) in [5, 5.41) is 2.84. The normalized spacial score (nSPS) is 11.6. The average molecular weight is 527 g/mol. The van der Waals surface area contributed by atoms with Crippen molar-refractivity contribution in [2.24, 2.45) is 10.7 Å². The first-order chi connectivity index (χ1) is 13.2. The molecular weight excluding hydrogens is 505 g/mol. The van der Waals surface area contributed by atoms with Crippen LogP contribution in [-0.2, 0) is 19.1 Å². The number of rotatable bonds is 7. The number of nitrogens with zero attached hydrogens (tertiary/aromatic N) is 1. The van der Waals surface area contributed by atoms with Gasteiger partial charge >= 0.3 is 6.18 Å². The molecule has 0 aliphatic heterocycles. The van der Waals surface area contributed by atoms with Crippen molar-refractivity contribution in [3.8, 4) is 11.5 Å². The molecule has 2 rings (SSSR count). The van der Waals surface area contributed by atoms with E-state index in [1.54, 1.807) is 13.2 Å². The Balaban J connectivity index is 0.00000420. The molecule has 0 heterocycles. The molecule has 160 valence electrons. The minimum Gasteiger partial charge on any atom is -0.493 e. The highest BCUT2D eigenvalue weighted by Gasteiger charge is 2.33. The van der Waals surface area contributed by atoms with Crippen LogP contribution in [0.4, 0.5) is 17.6 Å². The summed E-state index contributed by atoms with van der Waals surface area (Å²) in [7, 11) is 3.08. The average Bonchev–Trinajstić information content (AvgIpc) is 2.66. The third kappa shape index (κ3) is 7.26. The first kappa shape index (κ1) is 24.8. The molecule has 0 spiro atoms.